The smallest absolute Gasteiger partial charge is 0.234 e. The highest BCUT2D eigenvalue weighted by Crippen LogP contribution is 2.11. The molecule has 0 bridgehead atoms. The monoisotopic (exact) mass is 200 g/mol. The van der Waals surface area contributed by atoms with Crippen molar-refractivity contribution >= 4 is 5.91 Å². The third kappa shape index (κ3) is 2.43. The zero-order valence-electron chi connectivity index (χ0n) is 8.94. The molecule has 5 heteroatoms. The number of hydrogen-bond donors (Lipinski definition) is 2. The molecule has 1 fully saturated rings. The van der Waals surface area contributed by atoms with Gasteiger partial charge in [-0.15, -0.1) is 0 Å². The first-order chi connectivity index (χ1) is 6.56. The van der Waals surface area contributed by atoms with Crippen LogP contribution in [0, 0.1) is 0 Å². The predicted molar refractivity (Wildman–Crippen MR) is 55.7 cm³/mol. The summed E-state index contributed by atoms with van der Waals surface area (Å²) in [6.45, 7) is 5.16. The molecule has 1 amide bonds. The van der Waals surface area contributed by atoms with E-state index in [1.807, 2.05) is 6.92 Å². The van der Waals surface area contributed by atoms with Gasteiger partial charge in [-0.2, -0.15) is 0 Å². The summed E-state index contributed by atoms with van der Waals surface area (Å²) in [5, 5.41) is 0. The fraction of sp³-hybridized carbons (Fsp3) is 0.889. The molecule has 2 unspecified atom stereocenters. The van der Waals surface area contributed by atoms with Gasteiger partial charge in [-0.05, 0) is 14.0 Å². The predicted octanol–water partition coefficient (Wildman–Crippen LogP) is -1.57. The normalized spacial score (nSPS) is 27.5. The molecule has 1 aliphatic rings. The lowest BCUT2D eigenvalue weighted by Crippen LogP contribution is -2.60. The summed E-state index contributed by atoms with van der Waals surface area (Å²) in [5.41, 5.74) is 11.0. The van der Waals surface area contributed by atoms with E-state index in [1.54, 1.807) is 0 Å². The molecule has 0 aliphatic carbocycles. The molecule has 82 valence electrons. The zero-order chi connectivity index (χ0) is 10.7. The van der Waals surface area contributed by atoms with Crippen LogP contribution in [0.5, 0.6) is 0 Å². The standard InChI is InChI=1S/C9H20N4O/c1-7(9(11)14)13-4-3-12(2)6-8(13)5-10/h7-8H,3-6,10H2,1-2H3,(H2,11,14). The van der Waals surface area contributed by atoms with E-state index in [2.05, 4.69) is 16.8 Å². The van der Waals surface area contributed by atoms with Crippen molar-refractivity contribution in [2.75, 3.05) is 33.2 Å². The Labute approximate surface area is 85.0 Å². The summed E-state index contributed by atoms with van der Waals surface area (Å²) >= 11 is 0. The van der Waals surface area contributed by atoms with Gasteiger partial charge in [0, 0.05) is 32.2 Å². The van der Waals surface area contributed by atoms with Crippen molar-refractivity contribution < 1.29 is 4.79 Å². The van der Waals surface area contributed by atoms with Gasteiger partial charge in [0.15, 0.2) is 0 Å². The lowest BCUT2D eigenvalue weighted by atomic mass is 10.1. The third-order valence-corrected chi connectivity index (χ3v) is 2.91. The Balaban J connectivity index is 2.62. The second-order valence-electron chi connectivity index (χ2n) is 3.97. The second-order valence-corrected chi connectivity index (χ2v) is 3.97. The molecule has 1 saturated heterocycles. The van der Waals surface area contributed by atoms with Crippen molar-refractivity contribution in [3.63, 3.8) is 0 Å². The van der Waals surface area contributed by atoms with Gasteiger partial charge in [-0.25, -0.2) is 0 Å². The number of rotatable bonds is 3. The average Bonchev–Trinajstić information content (AvgIpc) is 2.16. The second kappa shape index (κ2) is 4.72. The first-order valence-electron chi connectivity index (χ1n) is 5.00. The van der Waals surface area contributed by atoms with E-state index in [0.29, 0.717) is 6.54 Å². The van der Waals surface area contributed by atoms with Crippen molar-refractivity contribution in [3.8, 4) is 0 Å². The van der Waals surface area contributed by atoms with E-state index in [9.17, 15) is 4.79 Å². The van der Waals surface area contributed by atoms with Gasteiger partial charge in [0.05, 0.1) is 6.04 Å². The summed E-state index contributed by atoms with van der Waals surface area (Å²) in [6, 6.07) is 0.0356. The van der Waals surface area contributed by atoms with Crippen LogP contribution in [0.2, 0.25) is 0 Å². The van der Waals surface area contributed by atoms with Crippen LogP contribution in [0.1, 0.15) is 6.92 Å². The topological polar surface area (TPSA) is 75.6 Å². The van der Waals surface area contributed by atoms with Crippen molar-refractivity contribution in [1.82, 2.24) is 9.80 Å². The van der Waals surface area contributed by atoms with Gasteiger partial charge in [0.2, 0.25) is 5.91 Å². The van der Waals surface area contributed by atoms with Crippen LogP contribution in [0.4, 0.5) is 0 Å². The van der Waals surface area contributed by atoms with Crippen molar-refractivity contribution in [1.29, 1.82) is 0 Å². The molecular formula is C9H20N4O. The van der Waals surface area contributed by atoms with Crippen LogP contribution in [0.3, 0.4) is 0 Å². The molecule has 14 heavy (non-hydrogen) atoms. The minimum Gasteiger partial charge on any atom is -0.368 e. The minimum absolute atomic E-state index is 0.211. The average molecular weight is 200 g/mol. The van der Waals surface area contributed by atoms with Crippen LogP contribution in [-0.4, -0.2) is 61.0 Å². The third-order valence-electron chi connectivity index (χ3n) is 2.91. The Morgan fingerprint density at radius 1 is 1.57 bits per heavy atom. The van der Waals surface area contributed by atoms with Crippen LogP contribution >= 0.6 is 0 Å². The Kier molecular flexibility index (Phi) is 3.86. The molecule has 0 spiro atoms. The van der Waals surface area contributed by atoms with Crippen molar-refractivity contribution in [3.05, 3.63) is 0 Å². The van der Waals surface area contributed by atoms with Crippen molar-refractivity contribution in [2.24, 2.45) is 11.5 Å². The zero-order valence-corrected chi connectivity index (χ0v) is 8.94. The van der Waals surface area contributed by atoms with Gasteiger partial charge in [-0.1, -0.05) is 0 Å². The highest BCUT2D eigenvalue weighted by Gasteiger charge is 2.29. The molecule has 1 heterocycles. The van der Waals surface area contributed by atoms with Gasteiger partial charge in [-0.3, -0.25) is 9.69 Å². The quantitative estimate of drug-likeness (QED) is 0.577. The van der Waals surface area contributed by atoms with Gasteiger partial charge in [0.1, 0.15) is 0 Å². The maximum absolute atomic E-state index is 11.1. The number of nitrogens with two attached hydrogens (primary N) is 2. The summed E-state index contributed by atoms with van der Waals surface area (Å²) in [6.07, 6.45) is 0. The van der Waals surface area contributed by atoms with E-state index in [0.717, 1.165) is 19.6 Å². The Hall–Kier alpha value is -0.650. The van der Waals surface area contributed by atoms with Crippen LogP contribution < -0.4 is 11.5 Å². The minimum atomic E-state index is -0.270. The van der Waals surface area contributed by atoms with Gasteiger partial charge in [0.25, 0.3) is 0 Å². The number of hydrogen-bond acceptors (Lipinski definition) is 4. The first-order valence-corrected chi connectivity index (χ1v) is 5.00. The lowest BCUT2D eigenvalue weighted by molar-refractivity contribution is -0.124. The van der Waals surface area contributed by atoms with Crippen LogP contribution in [-0.2, 0) is 4.79 Å². The number of likely N-dealkylation sites (N-methyl/N-ethyl adjacent to an activating group) is 1. The van der Waals surface area contributed by atoms with Crippen molar-refractivity contribution in [2.45, 2.75) is 19.0 Å². The molecule has 0 saturated carbocycles. The lowest BCUT2D eigenvalue weighted by Gasteiger charge is -2.41. The fourth-order valence-corrected chi connectivity index (χ4v) is 1.91. The van der Waals surface area contributed by atoms with Gasteiger partial charge >= 0.3 is 0 Å². The first kappa shape index (κ1) is 11.4. The molecule has 1 aliphatic heterocycles. The number of carbonyl (C=O) groups excluding carboxylic acids is 1. The molecule has 2 atom stereocenters. The number of nitrogens with zero attached hydrogens (tertiary/aromatic N) is 2. The maximum Gasteiger partial charge on any atom is 0.234 e. The summed E-state index contributed by atoms with van der Waals surface area (Å²) in [4.78, 5) is 15.4. The molecule has 0 aromatic heterocycles. The Morgan fingerprint density at radius 3 is 2.71 bits per heavy atom. The van der Waals surface area contributed by atoms with Gasteiger partial charge < -0.3 is 16.4 Å². The van der Waals surface area contributed by atoms with E-state index in [1.165, 1.54) is 0 Å². The largest absolute Gasteiger partial charge is 0.368 e. The molecule has 5 nitrogen and oxygen atoms in total. The summed E-state index contributed by atoms with van der Waals surface area (Å²) in [5.74, 6) is -0.270. The van der Waals surface area contributed by atoms with E-state index >= 15 is 0 Å². The SMILES string of the molecule is CC(C(N)=O)N1CCN(C)CC1CN. The molecule has 4 N–H and O–H groups in total. The molecular weight excluding hydrogens is 180 g/mol. The Morgan fingerprint density at radius 2 is 2.21 bits per heavy atom. The van der Waals surface area contributed by atoms with Crippen LogP contribution in [0.15, 0.2) is 0 Å². The Bertz CT molecular complexity index is 209. The molecule has 0 radical (unpaired) electrons. The fourth-order valence-electron chi connectivity index (χ4n) is 1.91. The van der Waals surface area contributed by atoms with E-state index in [4.69, 9.17) is 11.5 Å². The van der Waals surface area contributed by atoms with Crippen LogP contribution in [0.25, 0.3) is 0 Å². The highest BCUT2D eigenvalue weighted by atomic mass is 16.1. The maximum atomic E-state index is 11.1. The molecule has 0 aromatic carbocycles. The highest BCUT2D eigenvalue weighted by molar-refractivity contribution is 5.79. The molecule has 0 aromatic rings. The number of primary amides is 1. The number of amides is 1. The number of piperazine rings is 1. The summed E-state index contributed by atoms with van der Waals surface area (Å²) < 4.78 is 0. The van der Waals surface area contributed by atoms with E-state index < -0.39 is 0 Å². The summed E-state index contributed by atoms with van der Waals surface area (Å²) in [7, 11) is 2.06. The van der Waals surface area contributed by atoms with E-state index in [-0.39, 0.29) is 18.0 Å². The number of carbonyl (C=O) groups is 1. The molecule has 1 rings (SSSR count).